The molecule has 1 amide bonds. The Labute approximate surface area is 158 Å². The molecule has 3 rings (SSSR count). The number of carbonyl (C=O) groups excluding carboxylic acids is 1. The van der Waals surface area contributed by atoms with Crippen molar-refractivity contribution in [2.75, 3.05) is 25.4 Å². The number of morpholine rings is 1. The fraction of sp³-hybridized carbons (Fsp3) is 0.316. The van der Waals surface area contributed by atoms with Gasteiger partial charge in [-0.25, -0.2) is 4.39 Å². The predicted octanol–water partition coefficient (Wildman–Crippen LogP) is 4.54. The highest BCUT2D eigenvalue weighted by Gasteiger charge is 2.31. The van der Waals surface area contributed by atoms with Crippen molar-refractivity contribution in [3.8, 4) is 0 Å². The first kappa shape index (κ1) is 19.7. The minimum absolute atomic E-state index is 0.0930. The zero-order valence-corrected chi connectivity index (χ0v) is 15.0. The third-order valence-corrected chi connectivity index (χ3v) is 5.20. The van der Waals surface area contributed by atoms with Gasteiger partial charge in [0, 0.05) is 11.4 Å². The van der Waals surface area contributed by atoms with Gasteiger partial charge in [0.05, 0.1) is 24.5 Å². The predicted molar refractivity (Wildman–Crippen MR) is 93.8 cm³/mol. The number of thioether (sulfide) groups is 1. The molecule has 2 aromatic carbocycles. The monoisotopic (exact) mass is 399 g/mol. The van der Waals surface area contributed by atoms with E-state index in [1.807, 2.05) is 0 Å². The van der Waals surface area contributed by atoms with Crippen molar-refractivity contribution >= 4 is 17.7 Å². The molecule has 144 valence electrons. The molecule has 1 aliphatic rings. The van der Waals surface area contributed by atoms with Gasteiger partial charge in [0.25, 0.3) is 0 Å². The summed E-state index contributed by atoms with van der Waals surface area (Å²) in [5, 5.41) is 0. The number of alkyl halides is 3. The fourth-order valence-electron chi connectivity index (χ4n) is 2.73. The second kappa shape index (κ2) is 8.31. The van der Waals surface area contributed by atoms with Crippen molar-refractivity contribution in [1.82, 2.24) is 4.90 Å². The molecule has 1 aliphatic heterocycles. The number of ether oxygens (including phenoxy) is 1. The molecular weight excluding hydrogens is 382 g/mol. The van der Waals surface area contributed by atoms with Crippen LogP contribution >= 0.6 is 11.8 Å². The van der Waals surface area contributed by atoms with Crippen LogP contribution in [0.3, 0.4) is 0 Å². The van der Waals surface area contributed by atoms with E-state index in [9.17, 15) is 22.4 Å². The van der Waals surface area contributed by atoms with Crippen molar-refractivity contribution in [3.63, 3.8) is 0 Å². The van der Waals surface area contributed by atoms with Crippen LogP contribution in [0.15, 0.2) is 53.4 Å². The summed E-state index contributed by atoms with van der Waals surface area (Å²) in [4.78, 5) is 14.9. The number of amides is 1. The minimum atomic E-state index is -4.38. The molecule has 8 heteroatoms. The van der Waals surface area contributed by atoms with Crippen LogP contribution in [0, 0.1) is 5.82 Å². The zero-order chi connectivity index (χ0) is 19.4. The quantitative estimate of drug-likeness (QED) is 0.559. The van der Waals surface area contributed by atoms with Crippen LogP contribution in [0.4, 0.5) is 17.6 Å². The molecule has 0 unspecified atom stereocenters. The smallest absolute Gasteiger partial charge is 0.370 e. The Balaban J connectivity index is 1.58. The molecule has 1 saturated heterocycles. The van der Waals surface area contributed by atoms with E-state index in [4.69, 9.17) is 4.74 Å². The minimum Gasteiger partial charge on any atom is -0.370 e. The summed E-state index contributed by atoms with van der Waals surface area (Å²) >= 11 is 1.31. The van der Waals surface area contributed by atoms with Crippen LogP contribution in [-0.4, -0.2) is 36.3 Å². The van der Waals surface area contributed by atoms with Crippen LogP contribution < -0.4 is 0 Å². The van der Waals surface area contributed by atoms with Crippen LogP contribution in [0.1, 0.15) is 17.2 Å². The lowest BCUT2D eigenvalue weighted by Gasteiger charge is -2.33. The third kappa shape index (κ3) is 5.23. The van der Waals surface area contributed by atoms with Crippen LogP contribution in [0.25, 0.3) is 0 Å². The van der Waals surface area contributed by atoms with E-state index in [1.165, 1.54) is 36.0 Å². The van der Waals surface area contributed by atoms with Crippen LogP contribution in [0.5, 0.6) is 0 Å². The number of hydrogen-bond donors (Lipinski definition) is 0. The number of nitrogens with zero attached hydrogens (tertiary/aromatic N) is 1. The first-order valence-corrected chi connectivity index (χ1v) is 9.26. The number of hydrogen-bond acceptors (Lipinski definition) is 3. The molecule has 1 fully saturated rings. The summed E-state index contributed by atoms with van der Waals surface area (Å²) in [6.07, 6.45) is -4.84. The molecule has 0 N–H and O–H groups in total. The highest BCUT2D eigenvalue weighted by molar-refractivity contribution is 8.00. The largest absolute Gasteiger partial charge is 0.416 e. The van der Waals surface area contributed by atoms with Gasteiger partial charge in [-0.2, -0.15) is 13.2 Å². The van der Waals surface area contributed by atoms with Crippen molar-refractivity contribution in [2.45, 2.75) is 17.2 Å². The highest BCUT2D eigenvalue weighted by atomic mass is 32.2. The number of benzene rings is 2. The van der Waals surface area contributed by atoms with E-state index in [0.29, 0.717) is 18.7 Å². The Kier molecular flexibility index (Phi) is 6.06. The molecule has 3 nitrogen and oxygen atoms in total. The topological polar surface area (TPSA) is 29.5 Å². The Bertz CT molecular complexity index is 778. The maximum Gasteiger partial charge on any atom is 0.416 e. The van der Waals surface area contributed by atoms with Crippen molar-refractivity contribution in [2.24, 2.45) is 0 Å². The number of carbonyl (C=O) groups is 1. The number of halogens is 4. The average Bonchev–Trinajstić information content (AvgIpc) is 2.67. The lowest BCUT2D eigenvalue weighted by Crippen LogP contribution is -2.43. The van der Waals surface area contributed by atoms with E-state index >= 15 is 0 Å². The summed E-state index contributed by atoms with van der Waals surface area (Å²) in [7, 11) is 0. The fourth-order valence-corrected chi connectivity index (χ4v) is 3.53. The summed E-state index contributed by atoms with van der Waals surface area (Å²) in [5.74, 6) is -0.228. The van der Waals surface area contributed by atoms with Gasteiger partial charge in [-0.1, -0.05) is 12.1 Å². The van der Waals surface area contributed by atoms with Gasteiger partial charge in [-0.15, -0.1) is 11.8 Å². The first-order chi connectivity index (χ1) is 12.8. The van der Waals surface area contributed by atoms with Crippen molar-refractivity contribution in [3.05, 3.63) is 65.5 Å². The maximum absolute atomic E-state index is 12.9. The Morgan fingerprint density at radius 2 is 1.78 bits per heavy atom. The van der Waals surface area contributed by atoms with Gasteiger partial charge >= 0.3 is 6.18 Å². The summed E-state index contributed by atoms with van der Waals surface area (Å²) in [6.45, 7) is 1.03. The van der Waals surface area contributed by atoms with Crippen LogP contribution in [-0.2, 0) is 15.7 Å². The molecule has 0 radical (unpaired) electrons. The van der Waals surface area contributed by atoms with Gasteiger partial charge in [0.1, 0.15) is 11.9 Å². The van der Waals surface area contributed by atoms with Gasteiger partial charge in [-0.3, -0.25) is 4.79 Å². The second-order valence-electron chi connectivity index (χ2n) is 6.06. The lowest BCUT2D eigenvalue weighted by molar-refractivity contribution is -0.137. The third-order valence-electron chi connectivity index (χ3n) is 4.20. The van der Waals surface area contributed by atoms with E-state index in [2.05, 4.69) is 0 Å². The standard InChI is InChI=1S/C19H17F4NO2S/c20-15-5-7-16(8-6-15)27-12-18(25)24-9-10-26-17(11-24)13-1-3-14(4-2-13)19(21,22)23/h1-8,17H,9-12H2/t17-/m1/s1. The van der Waals surface area contributed by atoms with Crippen molar-refractivity contribution in [1.29, 1.82) is 0 Å². The SMILES string of the molecule is O=C(CSc1ccc(F)cc1)N1CCO[C@@H](c2ccc(C(F)(F)F)cc2)C1. The van der Waals surface area contributed by atoms with E-state index in [1.54, 1.807) is 17.0 Å². The average molecular weight is 399 g/mol. The van der Waals surface area contributed by atoms with E-state index in [-0.39, 0.29) is 24.0 Å². The van der Waals surface area contributed by atoms with E-state index in [0.717, 1.165) is 17.0 Å². The molecule has 1 heterocycles. The molecule has 27 heavy (non-hydrogen) atoms. The molecule has 0 aliphatic carbocycles. The molecule has 0 bridgehead atoms. The molecular formula is C19H17F4NO2S. The second-order valence-corrected chi connectivity index (χ2v) is 7.11. The normalized spacial score (nSPS) is 17.8. The van der Waals surface area contributed by atoms with Crippen molar-refractivity contribution < 1.29 is 27.1 Å². The summed E-state index contributed by atoms with van der Waals surface area (Å²) < 4.78 is 56.5. The lowest BCUT2D eigenvalue weighted by atomic mass is 10.1. The highest BCUT2D eigenvalue weighted by Crippen LogP contribution is 2.31. The van der Waals surface area contributed by atoms with Gasteiger partial charge < -0.3 is 9.64 Å². The molecule has 0 saturated carbocycles. The molecule has 2 aromatic rings. The van der Waals surface area contributed by atoms with Crippen LogP contribution in [0.2, 0.25) is 0 Å². The summed E-state index contributed by atoms with van der Waals surface area (Å²) in [5.41, 5.74) is -0.114. The first-order valence-electron chi connectivity index (χ1n) is 8.28. The van der Waals surface area contributed by atoms with Gasteiger partial charge in [0.15, 0.2) is 0 Å². The Morgan fingerprint density at radius 3 is 2.41 bits per heavy atom. The molecule has 1 atom stereocenters. The molecule has 0 aromatic heterocycles. The van der Waals surface area contributed by atoms with Gasteiger partial charge in [-0.05, 0) is 42.0 Å². The zero-order valence-electron chi connectivity index (χ0n) is 14.2. The Hall–Kier alpha value is -2.06. The Morgan fingerprint density at radius 1 is 1.11 bits per heavy atom. The molecule has 0 spiro atoms. The summed E-state index contributed by atoms with van der Waals surface area (Å²) in [6, 6.07) is 10.7. The maximum atomic E-state index is 12.9. The van der Waals surface area contributed by atoms with Gasteiger partial charge in [0.2, 0.25) is 5.91 Å². The van der Waals surface area contributed by atoms with E-state index < -0.39 is 17.8 Å². The number of rotatable bonds is 4.